The molecule has 126 valence electrons. The minimum absolute atomic E-state index is 1.08. The first-order chi connectivity index (χ1) is 10.8. The Morgan fingerprint density at radius 2 is 1.41 bits per heavy atom. The molecule has 0 aliphatic heterocycles. The van der Waals surface area contributed by atoms with Crippen LogP contribution in [0.15, 0.2) is 43.0 Å². The number of unbranched alkanes of at least 4 members (excludes halogenated alkanes) is 3. The van der Waals surface area contributed by atoms with Gasteiger partial charge < -0.3 is 0 Å². The zero-order valence-corrected chi connectivity index (χ0v) is 15.7. The molecule has 0 fully saturated rings. The summed E-state index contributed by atoms with van der Waals surface area (Å²) in [4.78, 5) is 0. The number of benzene rings is 1. The summed E-state index contributed by atoms with van der Waals surface area (Å²) >= 11 is 0. The van der Waals surface area contributed by atoms with E-state index < -0.39 is 0 Å². The molecule has 1 aromatic carbocycles. The van der Waals surface area contributed by atoms with Crippen molar-refractivity contribution in [2.75, 3.05) is 0 Å². The lowest BCUT2D eigenvalue weighted by Crippen LogP contribution is -2.23. The summed E-state index contributed by atoms with van der Waals surface area (Å²) in [5.74, 6) is 0. The summed E-state index contributed by atoms with van der Waals surface area (Å²) < 4.78 is 3.74. The molecule has 3 heteroatoms. The van der Waals surface area contributed by atoms with E-state index in [2.05, 4.69) is 18.9 Å². The fraction of sp³-hybridized carbons (Fsp3) is 0.579. The molecular weight excluding hydrogens is 270 g/mol. The zero-order valence-electron chi connectivity index (χ0n) is 15.7. The van der Waals surface area contributed by atoms with Crippen LogP contribution in [-0.2, 0) is 7.05 Å². The molecule has 3 nitrogen and oxygen atoms in total. The summed E-state index contributed by atoms with van der Waals surface area (Å²) in [6.07, 6.45) is 9.23. The predicted molar refractivity (Wildman–Crippen MR) is 97.3 cm³/mol. The summed E-state index contributed by atoms with van der Waals surface area (Å²) in [6.45, 7) is 12.5. The average Bonchev–Trinajstić information content (AvgIpc) is 3.04. The Bertz CT molecular complexity index is 417. The van der Waals surface area contributed by atoms with Gasteiger partial charge in [-0.15, -0.1) is 0 Å². The van der Waals surface area contributed by atoms with Crippen molar-refractivity contribution in [3.63, 3.8) is 0 Å². The molecular formula is C19H36N3+. The van der Waals surface area contributed by atoms with Crippen molar-refractivity contribution in [2.24, 2.45) is 7.05 Å². The van der Waals surface area contributed by atoms with Crippen molar-refractivity contribution in [1.82, 2.24) is 9.78 Å². The Kier molecular flexibility index (Phi) is 17.9. The van der Waals surface area contributed by atoms with Gasteiger partial charge in [0.15, 0.2) is 0 Å². The molecule has 22 heavy (non-hydrogen) atoms. The molecule has 1 aromatic heterocycles. The van der Waals surface area contributed by atoms with Crippen molar-refractivity contribution in [2.45, 2.75) is 67.2 Å². The summed E-state index contributed by atoms with van der Waals surface area (Å²) in [7, 11) is 1.95. The average molecular weight is 307 g/mol. The molecule has 0 N–H and O–H groups in total. The lowest BCUT2D eigenvalue weighted by molar-refractivity contribution is -0.672. The van der Waals surface area contributed by atoms with E-state index in [-0.39, 0.29) is 0 Å². The normalized spacial score (nSPS) is 8.50. The molecule has 2 rings (SSSR count). The second-order valence-electron chi connectivity index (χ2n) is 4.40. The minimum Gasteiger partial charge on any atom is -0.240 e. The van der Waals surface area contributed by atoms with Crippen LogP contribution in [0.4, 0.5) is 0 Å². The molecule has 0 spiro atoms. The maximum Gasteiger partial charge on any atom is 0.265 e. The number of para-hydroxylation sites is 1. The highest BCUT2D eigenvalue weighted by molar-refractivity contribution is 5.28. The maximum absolute atomic E-state index is 4.17. The Hall–Kier alpha value is -1.64. The second-order valence-corrected chi connectivity index (χ2v) is 4.40. The van der Waals surface area contributed by atoms with Crippen LogP contribution in [0, 0.1) is 0 Å². The molecule has 0 saturated carbocycles. The summed E-state index contributed by atoms with van der Waals surface area (Å²) in [5, 5.41) is 4.17. The Morgan fingerprint density at radius 3 is 1.77 bits per heavy atom. The van der Waals surface area contributed by atoms with Crippen LogP contribution in [-0.4, -0.2) is 9.78 Å². The number of aryl methyl sites for hydroxylation is 1. The smallest absolute Gasteiger partial charge is 0.240 e. The van der Waals surface area contributed by atoms with Gasteiger partial charge in [-0.1, -0.05) is 90.1 Å². The van der Waals surface area contributed by atoms with Crippen LogP contribution in [0.1, 0.15) is 67.2 Å². The topological polar surface area (TPSA) is 21.7 Å². The van der Waals surface area contributed by atoms with Gasteiger partial charge in [-0.05, 0) is 12.1 Å². The van der Waals surface area contributed by atoms with Gasteiger partial charge in [0.25, 0.3) is 6.33 Å². The quantitative estimate of drug-likeness (QED) is 0.552. The lowest BCUT2D eigenvalue weighted by Gasteiger charge is -1.89. The first-order valence-corrected chi connectivity index (χ1v) is 8.73. The fourth-order valence-electron chi connectivity index (χ4n) is 1.58. The molecule has 0 saturated heterocycles. The van der Waals surface area contributed by atoms with E-state index in [9.17, 15) is 0 Å². The van der Waals surface area contributed by atoms with Crippen LogP contribution >= 0.6 is 0 Å². The van der Waals surface area contributed by atoms with Gasteiger partial charge in [0.1, 0.15) is 5.69 Å². The van der Waals surface area contributed by atoms with E-state index in [4.69, 9.17) is 0 Å². The van der Waals surface area contributed by atoms with E-state index in [0.717, 1.165) is 5.69 Å². The fourth-order valence-corrected chi connectivity index (χ4v) is 1.58. The van der Waals surface area contributed by atoms with Gasteiger partial charge in [0.05, 0.1) is 7.05 Å². The van der Waals surface area contributed by atoms with E-state index in [0.29, 0.717) is 0 Å². The highest BCUT2D eigenvalue weighted by Gasteiger charge is 2.03. The molecule has 0 bridgehead atoms. The SMILES string of the molecule is CC.CC.CCCCCC.C[n+]1cnn(-c2ccccc2)c1. The first kappa shape index (κ1) is 22.6. The summed E-state index contributed by atoms with van der Waals surface area (Å²) in [5.41, 5.74) is 1.08. The zero-order chi connectivity index (χ0) is 17.2. The third kappa shape index (κ3) is 11.1. The molecule has 0 atom stereocenters. The Balaban J connectivity index is 0. The van der Waals surface area contributed by atoms with Crippen LogP contribution in [0.25, 0.3) is 5.69 Å². The van der Waals surface area contributed by atoms with Crippen LogP contribution in [0.3, 0.4) is 0 Å². The summed E-state index contributed by atoms with van der Waals surface area (Å²) in [6, 6.07) is 10.0. The largest absolute Gasteiger partial charge is 0.265 e. The number of hydrogen-bond donors (Lipinski definition) is 0. The van der Waals surface area contributed by atoms with E-state index >= 15 is 0 Å². The predicted octanol–water partition coefficient (Wildman–Crippen LogP) is 5.34. The van der Waals surface area contributed by atoms with Crippen LogP contribution in [0.2, 0.25) is 0 Å². The van der Waals surface area contributed by atoms with E-state index in [1.54, 1.807) is 6.33 Å². The highest BCUT2D eigenvalue weighted by atomic mass is 15.3. The van der Waals surface area contributed by atoms with Crippen LogP contribution < -0.4 is 4.57 Å². The number of aromatic nitrogens is 3. The van der Waals surface area contributed by atoms with Crippen LogP contribution in [0.5, 0.6) is 0 Å². The molecule has 0 aliphatic carbocycles. The number of hydrogen-bond acceptors (Lipinski definition) is 1. The molecule has 2 aromatic rings. The maximum atomic E-state index is 4.17. The molecule has 0 unspecified atom stereocenters. The number of rotatable bonds is 4. The Labute approximate surface area is 138 Å². The minimum atomic E-state index is 1.08. The molecule has 1 heterocycles. The second kappa shape index (κ2) is 17.4. The number of nitrogens with zero attached hydrogens (tertiary/aromatic N) is 3. The van der Waals surface area contributed by atoms with E-state index in [1.165, 1.54) is 25.7 Å². The van der Waals surface area contributed by atoms with Gasteiger partial charge in [-0.25, -0.2) is 4.57 Å². The van der Waals surface area contributed by atoms with Gasteiger partial charge in [-0.2, -0.15) is 0 Å². The van der Waals surface area contributed by atoms with Gasteiger partial charge >= 0.3 is 0 Å². The first-order valence-electron chi connectivity index (χ1n) is 8.73. The van der Waals surface area contributed by atoms with Crippen molar-refractivity contribution >= 4 is 0 Å². The van der Waals surface area contributed by atoms with Crippen molar-refractivity contribution < 1.29 is 4.57 Å². The third-order valence-electron chi connectivity index (χ3n) is 2.63. The van der Waals surface area contributed by atoms with E-state index in [1.807, 2.05) is 80.7 Å². The standard InChI is InChI=1S/C9H10N3.C6H14.2C2H6/c1-11-7-10-12(8-11)9-5-3-2-4-6-9;1-3-5-6-4-2;2*1-2/h2-8H,1H3;3-6H2,1-2H3;2*1-2H3/q+1;;;. The lowest BCUT2D eigenvalue weighted by atomic mass is 10.2. The van der Waals surface area contributed by atoms with Crippen molar-refractivity contribution in [3.05, 3.63) is 43.0 Å². The Morgan fingerprint density at radius 1 is 0.909 bits per heavy atom. The molecule has 0 aliphatic rings. The highest BCUT2D eigenvalue weighted by Crippen LogP contribution is 2.01. The molecule has 0 radical (unpaired) electrons. The van der Waals surface area contributed by atoms with Gasteiger partial charge in [-0.3, -0.25) is 0 Å². The molecule has 0 amide bonds. The van der Waals surface area contributed by atoms with Gasteiger partial charge in [0.2, 0.25) is 6.33 Å². The monoisotopic (exact) mass is 306 g/mol. The van der Waals surface area contributed by atoms with Crippen molar-refractivity contribution in [3.8, 4) is 5.69 Å². The third-order valence-corrected chi connectivity index (χ3v) is 2.63. The van der Waals surface area contributed by atoms with Crippen molar-refractivity contribution in [1.29, 1.82) is 0 Å². The van der Waals surface area contributed by atoms with Gasteiger partial charge in [0, 0.05) is 5.10 Å².